The van der Waals surface area contributed by atoms with E-state index < -0.39 is 0 Å². The number of rotatable bonds is 7. The van der Waals surface area contributed by atoms with Crippen LogP contribution in [-0.4, -0.2) is 36.4 Å². The van der Waals surface area contributed by atoms with Crippen molar-refractivity contribution in [1.82, 2.24) is 4.90 Å². The molecule has 15 heavy (non-hydrogen) atoms. The minimum absolute atomic E-state index is 0.388. The van der Waals surface area contributed by atoms with Crippen molar-refractivity contribution in [1.29, 1.82) is 0 Å². The van der Waals surface area contributed by atoms with Gasteiger partial charge in [0.15, 0.2) is 0 Å². The first-order chi connectivity index (χ1) is 7.13. The van der Waals surface area contributed by atoms with Crippen molar-refractivity contribution in [2.75, 3.05) is 19.6 Å². The summed E-state index contributed by atoms with van der Waals surface area (Å²) in [6, 6.07) is 0.388. The van der Waals surface area contributed by atoms with Gasteiger partial charge in [0.25, 0.3) is 0 Å². The molecule has 1 aliphatic rings. The van der Waals surface area contributed by atoms with Crippen LogP contribution in [0.4, 0.5) is 0 Å². The predicted octanol–water partition coefficient (Wildman–Crippen LogP) is 1.87. The molecular formula is C12H25N3. The van der Waals surface area contributed by atoms with Crippen molar-refractivity contribution in [2.45, 2.75) is 46.1 Å². The van der Waals surface area contributed by atoms with Crippen molar-refractivity contribution < 1.29 is 0 Å². The molecule has 2 N–H and O–H groups in total. The van der Waals surface area contributed by atoms with Crippen LogP contribution in [0.3, 0.4) is 0 Å². The molecule has 0 aromatic heterocycles. The Morgan fingerprint density at radius 2 is 2.07 bits per heavy atom. The smallest absolute Gasteiger partial charge is 0.0968 e. The van der Waals surface area contributed by atoms with Crippen molar-refractivity contribution >= 4 is 5.84 Å². The van der Waals surface area contributed by atoms with Crippen LogP contribution in [0.2, 0.25) is 0 Å². The van der Waals surface area contributed by atoms with Crippen LogP contribution in [0, 0.1) is 5.92 Å². The molecule has 1 aliphatic heterocycles. The fraction of sp³-hybridized carbons (Fsp3) is 0.917. The first-order valence-corrected chi connectivity index (χ1v) is 6.19. The summed E-state index contributed by atoms with van der Waals surface area (Å²) < 4.78 is 0. The molecule has 1 rings (SSSR count). The van der Waals surface area contributed by atoms with Gasteiger partial charge < -0.3 is 10.6 Å². The van der Waals surface area contributed by atoms with Crippen LogP contribution in [0.5, 0.6) is 0 Å². The standard InChI is InChI=1S/C12H25N3/c1-4-10(2)12(13)14-11(3)6-5-7-15-8-9-15/h10-11H,4-9H2,1-3H3,(H2,13,14)/t10-,11-/m0/s1. The highest BCUT2D eigenvalue weighted by molar-refractivity contribution is 5.82. The van der Waals surface area contributed by atoms with E-state index >= 15 is 0 Å². The quantitative estimate of drug-likeness (QED) is 0.397. The van der Waals surface area contributed by atoms with Crippen molar-refractivity contribution in [3.8, 4) is 0 Å². The average Bonchev–Trinajstić information content (AvgIpc) is 3.00. The van der Waals surface area contributed by atoms with Crippen LogP contribution in [0.25, 0.3) is 0 Å². The fourth-order valence-electron chi connectivity index (χ4n) is 1.56. The molecule has 1 fully saturated rings. The second kappa shape index (κ2) is 6.11. The zero-order chi connectivity index (χ0) is 11.3. The molecule has 0 aromatic rings. The number of nitrogens with two attached hydrogens (primary N) is 1. The number of nitrogens with zero attached hydrogens (tertiary/aromatic N) is 2. The Morgan fingerprint density at radius 3 is 2.60 bits per heavy atom. The molecule has 0 unspecified atom stereocenters. The highest BCUT2D eigenvalue weighted by Crippen LogP contribution is 2.09. The van der Waals surface area contributed by atoms with Gasteiger partial charge in [0.1, 0.15) is 0 Å². The lowest BCUT2D eigenvalue weighted by molar-refractivity contribution is 0.498. The molecular weight excluding hydrogens is 186 g/mol. The molecule has 0 amide bonds. The first kappa shape index (κ1) is 12.5. The summed E-state index contributed by atoms with van der Waals surface area (Å²) in [5.74, 6) is 1.26. The Morgan fingerprint density at radius 1 is 1.40 bits per heavy atom. The summed E-state index contributed by atoms with van der Waals surface area (Å²) in [6.07, 6.45) is 3.49. The van der Waals surface area contributed by atoms with Crippen LogP contribution >= 0.6 is 0 Å². The second-order valence-corrected chi connectivity index (χ2v) is 4.70. The minimum atomic E-state index is 0.388. The molecule has 0 aliphatic carbocycles. The molecule has 0 aromatic carbocycles. The monoisotopic (exact) mass is 211 g/mol. The lowest BCUT2D eigenvalue weighted by Crippen LogP contribution is -2.23. The van der Waals surface area contributed by atoms with E-state index in [1.807, 2.05) is 0 Å². The fourth-order valence-corrected chi connectivity index (χ4v) is 1.56. The zero-order valence-corrected chi connectivity index (χ0v) is 10.4. The molecule has 0 spiro atoms. The molecule has 3 heteroatoms. The maximum Gasteiger partial charge on any atom is 0.0968 e. The predicted molar refractivity (Wildman–Crippen MR) is 66.2 cm³/mol. The summed E-state index contributed by atoms with van der Waals surface area (Å²) in [7, 11) is 0. The highest BCUT2D eigenvalue weighted by Gasteiger charge is 2.16. The van der Waals surface area contributed by atoms with Gasteiger partial charge in [-0.25, -0.2) is 0 Å². The van der Waals surface area contributed by atoms with E-state index in [1.54, 1.807) is 0 Å². The van der Waals surface area contributed by atoms with Gasteiger partial charge in [-0.05, 0) is 32.7 Å². The van der Waals surface area contributed by atoms with E-state index in [9.17, 15) is 0 Å². The van der Waals surface area contributed by atoms with Crippen molar-refractivity contribution in [2.24, 2.45) is 16.6 Å². The van der Waals surface area contributed by atoms with E-state index in [4.69, 9.17) is 5.73 Å². The van der Waals surface area contributed by atoms with Gasteiger partial charge in [0.2, 0.25) is 0 Å². The van der Waals surface area contributed by atoms with E-state index in [2.05, 4.69) is 30.7 Å². The maximum absolute atomic E-state index is 5.91. The molecule has 2 atom stereocenters. The summed E-state index contributed by atoms with van der Waals surface area (Å²) in [4.78, 5) is 6.99. The highest BCUT2D eigenvalue weighted by atomic mass is 15.2. The second-order valence-electron chi connectivity index (χ2n) is 4.70. The third-order valence-electron chi connectivity index (χ3n) is 3.12. The topological polar surface area (TPSA) is 41.4 Å². The van der Waals surface area contributed by atoms with Gasteiger partial charge in [-0.3, -0.25) is 4.99 Å². The van der Waals surface area contributed by atoms with Crippen molar-refractivity contribution in [3.05, 3.63) is 0 Å². The Kier molecular flexibility index (Phi) is 5.09. The third-order valence-corrected chi connectivity index (χ3v) is 3.12. The number of hydrogen-bond donors (Lipinski definition) is 1. The summed E-state index contributed by atoms with van der Waals surface area (Å²) >= 11 is 0. The van der Waals surface area contributed by atoms with Gasteiger partial charge in [0, 0.05) is 25.0 Å². The van der Waals surface area contributed by atoms with E-state index in [0.717, 1.165) is 18.7 Å². The lowest BCUT2D eigenvalue weighted by atomic mass is 10.1. The third kappa shape index (κ3) is 5.17. The summed E-state index contributed by atoms with van der Waals surface area (Å²) in [6.45, 7) is 10.3. The Bertz CT molecular complexity index is 209. The Labute approximate surface area is 93.7 Å². The molecule has 1 saturated heterocycles. The van der Waals surface area contributed by atoms with Crippen LogP contribution in [0.15, 0.2) is 4.99 Å². The zero-order valence-electron chi connectivity index (χ0n) is 10.4. The average molecular weight is 211 g/mol. The largest absolute Gasteiger partial charge is 0.387 e. The Hall–Kier alpha value is -0.570. The molecule has 1 heterocycles. The molecule has 0 radical (unpaired) electrons. The lowest BCUT2D eigenvalue weighted by Gasteiger charge is -2.12. The van der Waals surface area contributed by atoms with Crippen LogP contribution < -0.4 is 5.73 Å². The maximum atomic E-state index is 5.91. The molecule has 0 saturated carbocycles. The molecule has 88 valence electrons. The normalized spacial score (nSPS) is 21.4. The van der Waals surface area contributed by atoms with E-state index in [-0.39, 0.29) is 0 Å². The summed E-state index contributed by atoms with van der Waals surface area (Å²) in [5, 5.41) is 0. The first-order valence-electron chi connectivity index (χ1n) is 6.19. The summed E-state index contributed by atoms with van der Waals surface area (Å²) in [5.41, 5.74) is 5.91. The number of hydrogen-bond acceptors (Lipinski definition) is 2. The van der Waals surface area contributed by atoms with E-state index in [1.165, 1.54) is 26.1 Å². The van der Waals surface area contributed by atoms with Crippen LogP contribution in [0.1, 0.15) is 40.0 Å². The number of aliphatic imine (C=N–C) groups is 1. The van der Waals surface area contributed by atoms with Crippen LogP contribution in [-0.2, 0) is 0 Å². The van der Waals surface area contributed by atoms with Gasteiger partial charge in [-0.15, -0.1) is 0 Å². The van der Waals surface area contributed by atoms with Gasteiger partial charge in [0.05, 0.1) is 5.84 Å². The number of amidine groups is 1. The molecule has 0 bridgehead atoms. The SMILES string of the molecule is CC[C@H](C)C(N)=N[C@@H](C)CCCN1CC1. The van der Waals surface area contributed by atoms with E-state index in [0.29, 0.717) is 12.0 Å². The van der Waals surface area contributed by atoms with Crippen molar-refractivity contribution in [3.63, 3.8) is 0 Å². The Balaban J connectivity index is 2.16. The van der Waals surface area contributed by atoms with Gasteiger partial charge in [-0.1, -0.05) is 13.8 Å². The molecule has 3 nitrogen and oxygen atoms in total. The minimum Gasteiger partial charge on any atom is -0.387 e. The van der Waals surface area contributed by atoms with Gasteiger partial charge >= 0.3 is 0 Å². The van der Waals surface area contributed by atoms with Gasteiger partial charge in [-0.2, -0.15) is 0 Å².